The molecule has 1 fully saturated rings. The molecule has 1 aliphatic rings. The molecule has 4 nitrogen and oxygen atoms in total. The van der Waals surface area contributed by atoms with E-state index in [4.69, 9.17) is 4.42 Å². The minimum absolute atomic E-state index is 0.183. The summed E-state index contributed by atoms with van der Waals surface area (Å²) in [5.74, 6) is 0.974. The fraction of sp³-hybridized carbons (Fsp3) is 0.286. The van der Waals surface area contributed by atoms with Crippen LogP contribution in [0.1, 0.15) is 29.0 Å². The van der Waals surface area contributed by atoms with Crippen LogP contribution in [-0.2, 0) is 5.75 Å². The lowest BCUT2D eigenvalue weighted by Crippen LogP contribution is -2.21. The van der Waals surface area contributed by atoms with Crippen molar-refractivity contribution >= 4 is 40.0 Å². The lowest BCUT2D eigenvalue weighted by atomic mass is 10.1. The molecule has 4 rings (SSSR count). The lowest BCUT2D eigenvalue weighted by molar-refractivity contribution is 0.0998. The molecule has 134 valence electrons. The van der Waals surface area contributed by atoms with Crippen LogP contribution in [0.3, 0.4) is 0 Å². The van der Waals surface area contributed by atoms with Crippen molar-refractivity contribution in [2.45, 2.75) is 18.6 Å². The number of hydrogen-bond acceptors (Lipinski definition) is 4. The maximum absolute atomic E-state index is 13.0. The highest BCUT2D eigenvalue weighted by Gasteiger charge is 2.22. The van der Waals surface area contributed by atoms with Crippen LogP contribution in [0.15, 0.2) is 52.9 Å². The summed E-state index contributed by atoms with van der Waals surface area (Å²) in [5, 5.41) is 4.09. The highest BCUT2D eigenvalue weighted by atomic mass is 32.2. The van der Waals surface area contributed by atoms with Gasteiger partial charge in [0, 0.05) is 29.8 Å². The molecule has 2 heterocycles. The van der Waals surface area contributed by atoms with E-state index in [0.29, 0.717) is 5.76 Å². The summed E-state index contributed by atoms with van der Waals surface area (Å²) in [5.41, 5.74) is 3.65. The third-order valence-electron chi connectivity index (χ3n) is 4.79. The predicted octanol–water partition coefficient (Wildman–Crippen LogP) is 5.15. The fourth-order valence-corrected chi connectivity index (χ4v) is 4.14. The molecule has 5 heteroatoms. The topological polar surface area (TPSA) is 45.5 Å². The highest BCUT2D eigenvalue weighted by molar-refractivity contribution is 7.97. The van der Waals surface area contributed by atoms with Crippen molar-refractivity contribution in [2.24, 2.45) is 0 Å². The Morgan fingerprint density at radius 3 is 2.65 bits per heavy atom. The number of hydrogen-bond donors (Lipinski definition) is 1. The second-order valence-corrected chi connectivity index (χ2v) is 7.37. The van der Waals surface area contributed by atoms with Crippen molar-refractivity contribution < 1.29 is 9.21 Å². The molecule has 1 aliphatic heterocycles. The summed E-state index contributed by atoms with van der Waals surface area (Å²) in [6.45, 7) is 2.07. The number of carbonyl (C=O) groups excluding carboxylic acids is 1. The third kappa shape index (κ3) is 3.19. The zero-order valence-corrected chi connectivity index (χ0v) is 15.6. The van der Waals surface area contributed by atoms with Crippen LogP contribution in [0.5, 0.6) is 0 Å². The molecule has 2 aromatic carbocycles. The Kier molecular flexibility index (Phi) is 4.89. The molecular weight excluding hydrogens is 344 g/mol. The first kappa shape index (κ1) is 17.0. The molecule has 1 aromatic heterocycles. The van der Waals surface area contributed by atoms with Gasteiger partial charge in [-0.15, -0.1) is 0 Å². The largest absolute Gasteiger partial charge is 0.451 e. The average Bonchev–Trinajstić information content (AvgIpc) is 3.31. The van der Waals surface area contributed by atoms with Crippen molar-refractivity contribution in [3.05, 3.63) is 59.9 Å². The number of furan rings is 1. The summed E-state index contributed by atoms with van der Waals surface area (Å²) >= 11 is 1.69. The zero-order chi connectivity index (χ0) is 17.9. The SMILES string of the molecule is CSCc1c(C(=O)Nc2ccccc2N2CCCC2)oc2ccccc12. The van der Waals surface area contributed by atoms with Crippen molar-refractivity contribution in [3.8, 4) is 0 Å². The number of anilines is 2. The fourth-order valence-electron chi connectivity index (χ4n) is 3.56. The number of nitrogens with one attached hydrogen (secondary N) is 1. The molecular formula is C21H22N2O2S. The molecule has 1 amide bonds. The summed E-state index contributed by atoms with van der Waals surface area (Å²) in [7, 11) is 0. The van der Waals surface area contributed by atoms with E-state index in [-0.39, 0.29) is 5.91 Å². The van der Waals surface area contributed by atoms with Gasteiger partial charge in [-0.1, -0.05) is 30.3 Å². The first-order valence-electron chi connectivity index (χ1n) is 8.92. The van der Waals surface area contributed by atoms with Gasteiger partial charge < -0.3 is 14.6 Å². The highest BCUT2D eigenvalue weighted by Crippen LogP contribution is 2.32. The molecule has 0 bridgehead atoms. The number of para-hydroxylation sites is 3. The maximum atomic E-state index is 13.0. The smallest absolute Gasteiger partial charge is 0.291 e. The first-order valence-corrected chi connectivity index (χ1v) is 10.3. The number of fused-ring (bicyclic) bond motifs is 1. The van der Waals surface area contributed by atoms with Gasteiger partial charge >= 0.3 is 0 Å². The van der Waals surface area contributed by atoms with Crippen LogP contribution in [0.2, 0.25) is 0 Å². The van der Waals surface area contributed by atoms with Crippen LogP contribution in [-0.4, -0.2) is 25.3 Å². The summed E-state index contributed by atoms with van der Waals surface area (Å²) in [4.78, 5) is 15.3. The monoisotopic (exact) mass is 366 g/mol. The van der Waals surface area contributed by atoms with Crippen LogP contribution in [0.4, 0.5) is 11.4 Å². The van der Waals surface area contributed by atoms with E-state index in [1.165, 1.54) is 12.8 Å². The minimum Gasteiger partial charge on any atom is -0.451 e. The number of rotatable bonds is 5. The minimum atomic E-state index is -0.183. The van der Waals surface area contributed by atoms with Gasteiger partial charge in [0.05, 0.1) is 11.4 Å². The molecule has 0 unspecified atom stereocenters. The number of nitrogens with zero attached hydrogens (tertiary/aromatic N) is 1. The Labute approximate surface area is 157 Å². The quantitative estimate of drug-likeness (QED) is 0.678. The Bertz CT molecular complexity index is 929. The number of benzene rings is 2. The van der Waals surface area contributed by atoms with Crippen molar-refractivity contribution in [3.63, 3.8) is 0 Å². The number of thioether (sulfide) groups is 1. The first-order chi connectivity index (χ1) is 12.8. The van der Waals surface area contributed by atoms with Gasteiger partial charge in [-0.3, -0.25) is 4.79 Å². The van der Waals surface area contributed by atoms with Gasteiger partial charge in [0.25, 0.3) is 5.91 Å². The molecule has 1 N–H and O–H groups in total. The van der Waals surface area contributed by atoms with E-state index in [9.17, 15) is 4.79 Å². The summed E-state index contributed by atoms with van der Waals surface area (Å²) in [6, 6.07) is 15.8. The van der Waals surface area contributed by atoms with Gasteiger partial charge in [-0.05, 0) is 37.3 Å². The van der Waals surface area contributed by atoms with Crippen molar-refractivity contribution in [2.75, 3.05) is 29.6 Å². The summed E-state index contributed by atoms with van der Waals surface area (Å²) in [6.07, 6.45) is 4.43. The molecule has 0 atom stereocenters. The Morgan fingerprint density at radius 1 is 1.12 bits per heavy atom. The Balaban J connectivity index is 1.67. The number of amides is 1. The molecule has 0 saturated carbocycles. The lowest BCUT2D eigenvalue weighted by Gasteiger charge is -2.21. The maximum Gasteiger partial charge on any atom is 0.291 e. The Morgan fingerprint density at radius 2 is 1.85 bits per heavy atom. The van der Waals surface area contributed by atoms with Crippen LogP contribution in [0.25, 0.3) is 11.0 Å². The van der Waals surface area contributed by atoms with Gasteiger partial charge in [0.2, 0.25) is 0 Å². The molecule has 3 aromatic rings. The van der Waals surface area contributed by atoms with E-state index in [1.54, 1.807) is 11.8 Å². The van der Waals surface area contributed by atoms with E-state index < -0.39 is 0 Å². The Hall–Kier alpha value is -2.40. The number of carbonyl (C=O) groups is 1. The second kappa shape index (κ2) is 7.46. The third-order valence-corrected chi connectivity index (χ3v) is 5.37. The average molecular weight is 366 g/mol. The zero-order valence-electron chi connectivity index (χ0n) is 14.8. The molecule has 26 heavy (non-hydrogen) atoms. The van der Waals surface area contributed by atoms with Crippen LogP contribution >= 0.6 is 11.8 Å². The second-order valence-electron chi connectivity index (χ2n) is 6.50. The van der Waals surface area contributed by atoms with E-state index in [0.717, 1.165) is 46.7 Å². The molecule has 0 aliphatic carbocycles. The normalized spacial score (nSPS) is 14.1. The van der Waals surface area contributed by atoms with E-state index in [1.807, 2.05) is 48.7 Å². The van der Waals surface area contributed by atoms with Gasteiger partial charge in [0.15, 0.2) is 5.76 Å². The van der Waals surface area contributed by atoms with Gasteiger partial charge in [0.1, 0.15) is 5.58 Å². The van der Waals surface area contributed by atoms with Crippen molar-refractivity contribution in [1.29, 1.82) is 0 Å². The molecule has 0 spiro atoms. The van der Waals surface area contributed by atoms with Gasteiger partial charge in [-0.25, -0.2) is 0 Å². The van der Waals surface area contributed by atoms with E-state index in [2.05, 4.69) is 16.3 Å². The molecule has 1 saturated heterocycles. The van der Waals surface area contributed by atoms with Gasteiger partial charge in [-0.2, -0.15) is 11.8 Å². The predicted molar refractivity (Wildman–Crippen MR) is 109 cm³/mol. The standard InChI is InChI=1S/C21H22N2O2S/c1-26-14-16-15-8-2-5-11-19(15)25-20(16)21(24)22-17-9-3-4-10-18(17)23-12-6-7-13-23/h2-5,8-11H,6-7,12-14H2,1H3,(H,22,24). The summed E-state index contributed by atoms with van der Waals surface area (Å²) < 4.78 is 5.91. The molecule has 0 radical (unpaired) electrons. The van der Waals surface area contributed by atoms with Crippen LogP contribution < -0.4 is 10.2 Å². The van der Waals surface area contributed by atoms with E-state index >= 15 is 0 Å². The van der Waals surface area contributed by atoms with Crippen molar-refractivity contribution in [1.82, 2.24) is 0 Å². The van der Waals surface area contributed by atoms with Crippen LogP contribution in [0, 0.1) is 0 Å².